The van der Waals surface area contributed by atoms with Crippen LogP contribution in [0.15, 0.2) is 18.2 Å². The number of primary amides is 1. The van der Waals surface area contributed by atoms with E-state index in [1.807, 2.05) is 18.2 Å². The molecule has 1 aromatic carbocycles. The molecule has 0 aliphatic carbocycles. The van der Waals surface area contributed by atoms with Gasteiger partial charge in [-0.3, -0.25) is 0 Å². The van der Waals surface area contributed by atoms with E-state index in [4.69, 9.17) is 26.8 Å². The van der Waals surface area contributed by atoms with Gasteiger partial charge in [0.05, 0.1) is 0 Å². The van der Waals surface area contributed by atoms with E-state index in [1.165, 1.54) is 7.11 Å². The number of carbonyl (C=O) groups is 1. The molecule has 2 unspecified atom stereocenters. The molecule has 100 valence electrons. The molecule has 0 aliphatic rings. The van der Waals surface area contributed by atoms with Crippen molar-refractivity contribution in [2.24, 2.45) is 5.73 Å². The predicted molar refractivity (Wildman–Crippen MR) is 70.7 cm³/mol. The van der Waals surface area contributed by atoms with E-state index in [2.05, 4.69) is 6.92 Å². The number of amides is 1. The summed E-state index contributed by atoms with van der Waals surface area (Å²) in [5, 5.41) is 0.598. The molecule has 2 N–H and O–H groups in total. The van der Waals surface area contributed by atoms with Crippen molar-refractivity contribution in [2.45, 2.75) is 32.5 Å². The van der Waals surface area contributed by atoms with E-state index < -0.39 is 18.3 Å². The second-order valence-corrected chi connectivity index (χ2v) is 4.41. The molecule has 0 spiro atoms. The average Bonchev–Trinajstić information content (AvgIpc) is 2.31. The first-order chi connectivity index (χ1) is 8.49. The lowest BCUT2D eigenvalue weighted by Gasteiger charge is -2.23. The molecule has 0 bridgehead atoms. The van der Waals surface area contributed by atoms with Crippen molar-refractivity contribution < 1.29 is 14.3 Å². The second kappa shape index (κ2) is 6.61. The highest BCUT2D eigenvalue weighted by atomic mass is 35.5. The number of hydrogen-bond acceptors (Lipinski definition) is 3. The first kappa shape index (κ1) is 14.8. The van der Waals surface area contributed by atoms with Crippen molar-refractivity contribution in [3.8, 4) is 0 Å². The number of benzene rings is 1. The van der Waals surface area contributed by atoms with Gasteiger partial charge in [0.15, 0.2) is 0 Å². The number of halogens is 1. The smallest absolute Gasteiger partial charge is 0.404 e. The highest BCUT2D eigenvalue weighted by Crippen LogP contribution is 2.30. The molecule has 5 heteroatoms. The Hall–Kier alpha value is -1.26. The van der Waals surface area contributed by atoms with Crippen LogP contribution in [0.5, 0.6) is 0 Å². The third kappa shape index (κ3) is 3.62. The molecular weight excluding hydrogens is 254 g/mol. The van der Waals surface area contributed by atoms with Crippen LogP contribution in [0.1, 0.15) is 31.1 Å². The zero-order valence-corrected chi connectivity index (χ0v) is 11.5. The SMILES string of the molecule is CCc1ccc(C(OC)C(C)OC(N)=O)c(Cl)c1. The number of carbonyl (C=O) groups excluding carboxylic acids is 1. The Bertz CT molecular complexity index is 423. The van der Waals surface area contributed by atoms with Crippen LogP contribution >= 0.6 is 11.6 Å². The van der Waals surface area contributed by atoms with Crippen molar-refractivity contribution in [2.75, 3.05) is 7.11 Å². The molecule has 2 atom stereocenters. The molecular formula is C13H18ClNO3. The highest BCUT2D eigenvalue weighted by molar-refractivity contribution is 6.31. The Morgan fingerprint density at radius 3 is 2.61 bits per heavy atom. The van der Waals surface area contributed by atoms with Crippen molar-refractivity contribution in [3.63, 3.8) is 0 Å². The maximum atomic E-state index is 10.8. The quantitative estimate of drug-likeness (QED) is 0.895. The van der Waals surface area contributed by atoms with Gasteiger partial charge in [-0.15, -0.1) is 0 Å². The van der Waals surface area contributed by atoms with Gasteiger partial charge in [0, 0.05) is 17.7 Å². The maximum absolute atomic E-state index is 10.8. The molecule has 18 heavy (non-hydrogen) atoms. The summed E-state index contributed by atoms with van der Waals surface area (Å²) in [5.41, 5.74) is 6.92. The van der Waals surface area contributed by atoms with Gasteiger partial charge in [-0.2, -0.15) is 0 Å². The fourth-order valence-electron chi connectivity index (χ4n) is 1.84. The van der Waals surface area contributed by atoms with Crippen molar-refractivity contribution >= 4 is 17.7 Å². The second-order valence-electron chi connectivity index (χ2n) is 4.01. The lowest BCUT2D eigenvalue weighted by atomic mass is 10.0. The molecule has 0 fully saturated rings. The van der Waals surface area contributed by atoms with Crippen LogP contribution < -0.4 is 5.73 Å². The Balaban J connectivity index is 2.97. The zero-order valence-electron chi connectivity index (χ0n) is 10.8. The van der Waals surface area contributed by atoms with Crippen LogP contribution in [0.25, 0.3) is 0 Å². The van der Waals surface area contributed by atoms with Crippen LogP contribution in [0.4, 0.5) is 4.79 Å². The van der Waals surface area contributed by atoms with E-state index >= 15 is 0 Å². The summed E-state index contributed by atoms with van der Waals surface area (Å²) in [6, 6.07) is 5.75. The molecule has 1 amide bonds. The largest absolute Gasteiger partial charge is 0.444 e. The molecule has 0 aliphatic heterocycles. The Labute approximate surface area is 112 Å². The van der Waals surface area contributed by atoms with Gasteiger partial charge in [-0.1, -0.05) is 30.7 Å². The minimum atomic E-state index is -0.828. The van der Waals surface area contributed by atoms with E-state index in [0.717, 1.165) is 17.5 Å². The molecule has 0 saturated heterocycles. The highest BCUT2D eigenvalue weighted by Gasteiger charge is 2.24. The lowest BCUT2D eigenvalue weighted by Crippen LogP contribution is -2.27. The molecule has 4 nitrogen and oxygen atoms in total. The fraction of sp³-hybridized carbons (Fsp3) is 0.462. The van der Waals surface area contributed by atoms with Gasteiger partial charge in [0.2, 0.25) is 0 Å². The summed E-state index contributed by atoms with van der Waals surface area (Å²) in [4.78, 5) is 10.8. The molecule has 1 rings (SSSR count). The van der Waals surface area contributed by atoms with Gasteiger partial charge in [-0.05, 0) is 25.0 Å². The van der Waals surface area contributed by atoms with Gasteiger partial charge in [0.1, 0.15) is 12.2 Å². The van der Waals surface area contributed by atoms with E-state index in [0.29, 0.717) is 5.02 Å². The Morgan fingerprint density at radius 1 is 1.50 bits per heavy atom. The summed E-state index contributed by atoms with van der Waals surface area (Å²) in [5.74, 6) is 0. The summed E-state index contributed by atoms with van der Waals surface area (Å²) in [7, 11) is 1.54. The third-order valence-corrected chi connectivity index (χ3v) is 3.09. The number of ether oxygens (including phenoxy) is 2. The van der Waals surface area contributed by atoms with E-state index in [-0.39, 0.29) is 0 Å². The Morgan fingerprint density at radius 2 is 2.17 bits per heavy atom. The summed E-state index contributed by atoms with van der Waals surface area (Å²) < 4.78 is 10.3. The minimum absolute atomic E-state index is 0.434. The van der Waals surface area contributed by atoms with Gasteiger partial charge in [-0.25, -0.2) is 4.79 Å². The number of nitrogens with two attached hydrogens (primary N) is 1. The molecule has 1 aromatic rings. The molecule has 0 aromatic heterocycles. The van der Waals surface area contributed by atoms with Crippen LogP contribution in [0.2, 0.25) is 5.02 Å². The zero-order chi connectivity index (χ0) is 13.7. The minimum Gasteiger partial charge on any atom is -0.444 e. The third-order valence-electron chi connectivity index (χ3n) is 2.76. The van der Waals surface area contributed by atoms with Crippen LogP contribution in [0.3, 0.4) is 0 Å². The van der Waals surface area contributed by atoms with Crippen molar-refractivity contribution in [1.29, 1.82) is 0 Å². The van der Waals surface area contributed by atoms with Crippen LogP contribution in [0, 0.1) is 0 Å². The number of methoxy groups -OCH3 is 1. The van der Waals surface area contributed by atoms with E-state index in [9.17, 15) is 4.79 Å². The lowest BCUT2D eigenvalue weighted by molar-refractivity contribution is -0.0120. The first-order valence-corrected chi connectivity index (χ1v) is 6.14. The molecule has 0 heterocycles. The topological polar surface area (TPSA) is 61.6 Å². The standard InChI is InChI=1S/C13H18ClNO3/c1-4-9-5-6-10(11(14)7-9)12(17-3)8(2)18-13(15)16/h5-8,12H,4H2,1-3H3,(H2,15,16). The van der Waals surface area contributed by atoms with Gasteiger partial charge in [0.25, 0.3) is 0 Å². The predicted octanol–water partition coefficient (Wildman–Crippen LogP) is 3.07. The molecule has 0 saturated carbocycles. The van der Waals surface area contributed by atoms with Gasteiger partial charge >= 0.3 is 6.09 Å². The van der Waals surface area contributed by atoms with Crippen molar-refractivity contribution in [3.05, 3.63) is 34.3 Å². The fourth-order valence-corrected chi connectivity index (χ4v) is 2.15. The maximum Gasteiger partial charge on any atom is 0.404 e. The van der Waals surface area contributed by atoms with Gasteiger partial charge < -0.3 is 15.2 Å². The summed E-state index contributed by atoms with van der Waals surface area (Å²) in [6.07, 6.45) is -0.857. The van der Waals surface area contributed by atoms with Crippen LogP contribution in [-0.2, 0) is 15.9 Å². The average molecular weight is 272 g/mol. The number of aryl methyl sites for hydroxylation is 1. The summed E-state index contributed by atoms with van der Waals surface area (Å²) in [6.45, 7) is 3.76. The number of hydrogen-bond donors (Lipinski definition) is 1. The first-order valence-electron chi connectivity index (χ1n) is 5.76. The monoisotopic (exact) mass is 271 g/mol. The van der Waals surface area contributed by atoms with Crippen molar-refractivity contribution in [1.82, 2.24) is 0 Å². The van der Waals surface area contributed by atoms with Crippen LogP contribution in [-0.4, -0.2) is 19.3 Å². The summed E-state index contributed by atoms with van der Waals surface area (Å²) >= 11 is 6.21. The molecule has 0 radical (unpaired) electrons. The normalized spacial score (nSPS) is 14.0. The number of rotatable bonds is 5. The Kier molecular flexibility index (Phi) is 5.44. The van der Waals surface area contributed by atoms with E-state index in [1.54, 1.807) is 6.92 Å².